The summed E-state index contributed by atoms with van der Waals surface area (Å²) in [6.45, 7) is 0. The summed E-state index contributed by atoms with van der Waals surface area (Å²) in [5, 5.41) is 17.9. The van der Waals surface area contributed by atoms with Crippen LogP contribution in [-0.2, 0) is 19.5 Å². The third-order valence-corrected chi connectivity index (χ3v) is 1.53. The molecular formula is C3H17Na5O12PZn+. The Labute approximate surface area is 252 Å². The maximum Gasteiger partial charge on any atom is 2.00 e. The van der Waals surface area contributed by atoms with Gasteiger partial charge in [0.15, 0.2) is 0 Å². The van der Waals surface area contributed by atoms with Gasteiger partial charge >= 0.3 is 175 Å². The number of aliphatic hydroxyl groups is 1. The summed E-state index contributed by atoms with van der Waals surface area (Å²) in [4.78, 5) is 24.7. The molecule has 1 unspecified atom stereocenters. The molecule has 0 aromatic carbocycles. The first-order chi connectivity index (χ1) is 3.92. The van der Waals surface area contributed by atoms with E-state index in [0.717, 1.165) is 0 Å². The molecular weight excluding hydrogens is 439 g/mol. The molecule has 0 aromatic rings. The van der Waals surface area contributed by atoms with Crippen molar-refractivity contribution >= 4 is 7.94 Å². The van der Waals surface area contributed by atoms with E-state index < -0.39 is 20.4 Å². The Hall–Kier alpha value is 5.57. The second-order valence-corrected chi connectivity index (χ2v) is 3.49. The second kappa shape index (κ2) is 63.3. The van der Waals surface area contributed by atoms with Gasteiger partial charge in [0.25, 0.3) is 0 Å². The van der Waals surface area contributed by atoms with E-state index in [1.807, 2.05) is 0 Å². The van der Waals surface area contributed by atoms with Crippen molar-refractivity contribution < 1.29 is 230 Å². The maximum atomic E-state index is 9.81. The van der Waals surface area contributed by atoms with Crippen LogP contribution in [0, 0.1) is 0 Å². The third kappa shape index (κ3) is 115. The van der Waals surface area contributed by atoms with Gasteiger partial charge in [-0.25, -0.2) is 0 Å². The minimum Gasteiger partial charge on any atom is -0.870 e. The van der Waals surface area contributed by atoms with E-state index in [4.69, 9.17) is 19.8 Å². The fraction of sp³-hybridized carbons (Fsp3) is 1.00. The van der Waals surface area contributed by atoms with Crippen LogP contribution in [0.3, 0.4) is 0 Å². The van der Waals surface area contributed by atoms with Gasteiger partial charge in [-0.1, -0.05) is 0 Å². The van der Waals surface area contributed by atoms with E-state index in [1.54, 1.807) is 0 Å². The van der Waals surface area contributed by atoms with Crippen LogP contribution < -0.4 is 153 Å². The van der Waals surface area contributed by atoms with Crippen LogP contribution in [0.15, 0.2) is 0 Å². The Morgan fingerprint density at radius 1 is 0.727 bits per heavy atom. The first-order valence-corrected chi connectivity index (χ1v) is 4.15. The van der Waals surface area contributed by atoms with E-state index in [2.05, 4.69) is 0 Å². The fourth-order valence-corrected chi connectivity index (χ4v) is 0.851. The second-order valence-electron chi connectivity index (χ2n) is 1.66. The zero-order chi connectivity index (χ0) is 7.49. The molecule has 0 fully saturated rings. The molecule has 0 radical (unpaired) electrons. The van der Waals surface area contributed by atoms with Crippen LogP contribution in [0.25, 0.3) is 0 Å². The number of hydrogen-bond acceptors (Lipinski definition) is 11. The van der Waals surface area contributed by atoms with Crippen molar-refractivity contribution in [2.75, 3.05) is 6.16 Å². The quantitative estimate of drug-likeness (QED) is 0.175. The standard InChI is InChI=1S/C3H9O5P.5Na.7H2O.Zn/c4-3(5)1-2-9(6,7)8;;;;;;;;;;;;;/h3-4,6-8H,1-2H2;;;;;;7*1H2;/q;5*+1;;;;;;;;+2/p-6. The van der Waals surface area contributed by atoms with Crippen molar-refractivity contribution in [3.05, 3.63) is 0 Å². The van der Waals surface area contributed by atoms with Gasteiger partial charge in [0.1, 0.15) is 6.16 Å². The van der Waals surface area contributed by atoms with Gasteiger partial charge in [-0.2, -0.15) is 14.7 Å². The van der Waals surface area contributed by atoms with Crippen LogP contribution >= 0.6 is 7.94 Å². The van der Waals surface area contributed by atoms with Crippen LogP contribution in [-0.4, -0.2) is 70.6 Å². The molecule has 0 aliphatic heterocycles. The van der Waals surface area contributed by atoms with E-state index >= 15 is 0 Å². The maximum absolute atomic E-state index is 9.81. The smallest absolute Gasteiger partial charge is 0.870 e. The molecule has 0 amide bonds. The summed E-state index contributed by atoms with van der Waals surface area (Å²) in [6.07, 6.45) is -2.61. The van der Waals surface area contributed by atoms with Crippen molar-refractivity contribution in [2.45, 2.75) is 12.7 Å². The summed E-state index contributed by atoms with van der Waals surface area (Å²) in [5.41, 5.74) is 0. The van der Waals surface area contributed by atoms with Gasteiger partial charge < -0.3 is 48.5 Å². The van der Waals surface area contributed by atoms with Crippen LogP contribution in [0.2, 0.25) is 0 Å². The summed E-state index contributed by atoms with van der Waals surface area (Å²) < 4.78 is 0. The fourth-order valence-electron chi connectivity index (χ4n) is 0.284. The molecule has 12 nitrogen and oxygen atoms in total. The Kier molecular flexibility index (Phi) is 304. The predicted octanol–water partition coefficient (Wildman–Crippen LogP) is -19.1. The molecule has 0 aliphatic rings. The van der Waals surface area contributed by atoms with E-state index in [1.165, 1.54) is 0 Å². The van der Waals surface area contributed by atoms with Gasteiger partial charge in [0.05, 0.1) is 0 Å². The molecule has 0 aliphatic carbocycles. The average molecular weight is 456 g/mol. The van der Waals surface area contributed by atoms with Gasteiger partial charge in [-0.3, -0.25) is 0 Å². The van der Waals surface area contributed by atoms with Crippen molar-refractivity contribution in [1.82, 2.24) is 0 Å². The molecule has 0 bridgehead atoms. The zero-order valence-electron chi connectivity index (χ0n) is 13.5. The Morgan fingerprint density at radius 3 is 0.955 bits per heavy atom. The minimum atomic E-state index is -3.83. The van der Waals surface area contributed by atoms with Crippen molar-refractivity contribution in [2.24, 2.45) is 0 Å². The molecule has 0 saturated heterocycles. The Morgan fingerprint density at radius 2 is 0.909 bits per heavy atom. The Balaban J connectivity index is -0.00000000410. The van der Waals surface area contributed by atoms with Gasteiger partial charge in [-0.05, 0) is 12.7 Å². The van der Waals surface area contributed by atoms with Crippen LogP contribution in [0.4, 0.5) is 0 Å². The van der Waals surface area contributed by atoms with Gasteiger partial charge in [-0.15, -0.1) is 0 Å². The molecule has 1 atom stereocenters. The molecule has 0 saturated carbocycles. The monoisotopic (exact) mass is 455 g/mol. The van der Waals surface area contributed by atoms with Gasteiger partial charge in [0.2, 0.25) is 0 Å². The molecule has 0 aromatic heterocycles. The average Bonchev–Trinajstić information content (AvgIpc) is 1.59. The summed E-state index contributed by atoms with van der Waals surface area (Å²) in [5.74, 6) is 0. The predicted molar refractivity (Wildman–Crippen MR) is 44.3 cm³/mol. The SMILES string of the molecule is O.[Na+].[Na+].[Na+].[Na+].[Na+].[O-]C(O)CC[P+](O)(O)O.[OH-].[OH-].[OH-].[OH-].[OH-].[OH-].[Zn+2]. The van der Waals surface area contributed by atoms with Crippen molar-refractivity contribution in [3.8, 4) is 0 Å². The Bertz CT molecular complexity index is 103. The first kappa shape index (κ1) is 106. The van der Waals surface area contributed by atoms with E-state index in [-0.39, 0.29) is 212 Å². The number of rotatable bonds is 3. The van der Waals surface area contributed by atoms with E-state index in [9.17, 15) is 5.11 Å². The summed E-state index contributed by atoms with van der Waals surface area (Å²) in [6, 6.07) is 0. The number of aliphatic hydroxyl groups excluding tert-OH is 1. The summed E-state index contributed by atoms with van der Waals surface area (Å²) in [7, 11) is -3.83. The summed E-state index contributed by atoms with van der Waals surface area (Å²) >= 11 is 0. The largest absolute Gasteiger partial charge is 2.00 e. The molecule has 112 valence electrons. The topological polar surface area (TPSA) is 315 Å². The molecule has 0 heterocycles. The third-order valence-electron chi connectivity index (χ3n) is 0.676. The molecule has 19 heteroatoms. The minimum absolute atomic E-state index is 0. The first-order valence-electron chi connectivity index (χ1n) is 2.32. The van der Waals surface area contributed by atoms with Crippen LogP contribution in [0.1, 0.15) is 6.42 Å². The van der Waals surface area contributed by atoms with Crippen molar-refractivity contribution in [1.29, 1.82) is 0 Å². The number of hydrogen-bond donors (Lipinski definition) is 4. The van der Waals surface area contributed by atoms with Gasteiger partial charge in [0, 0.05) is 0 Å². The van der Waals surface area contributed by atoms with Crippen molar-refractivity contribution in [3.63, 3.8) is 0 Å². The molecule has 0 spiro atoms. The molecule has 12 N–H and O–H groups in total. The zero-order valence-corrected chi connectivity index (χ0v) is 27.4. The molecule has 0 rings (SSSR count). The van der Waals surface area contributed by atoms with E-state index in [0.29, 0.717) is 0 Å². The molecule has 22 heavy (non-hydrogen) atoms. The normalized spacial score (nSPS) is 6.41. The van der Waals surface area contributed by atoms with Crippen LogP contribution in [0.5, 0.6) is 0 Å².